The number of hydrogen-bond acceptors (Lipinski definition) is 3. The quantitative estimate of drug-likeness (QED) is 0.664. The molecule has 0 spiro atoms. The van der Waals surface area contributed by atoms with Gasteiger partial charge in [0, 0.05) is 18.9 Å². The Balaban J connectivity index is 4.86. The molecule has 0 fully saturated rings. The minimum atomic E-state index is -0.365. The van der Waals surface area contributed by atoms with E-state index in [0.29, 0.717) is 6.42 Å². The SMILES string of the molecule is COC(C)(C)CC(C)(C)OC(C)(C)CC(C)(C)C(C)=O. The first-order valence-corrected chi connectivity index (χ1v) is 7.39. The van der Waals surface area contributed by atoms with E-state index in [1.807, 2.05) is 13.8 Å². The number of rotatable bonds is 8. The van der Waals surface area contributed by atoms with Crippen LogP contribution < -0.4 is 0 Å². The number of carbonyl (C=O) groups is 1. The van der Waals surface area contributed by atoms with E-state index in [2.05, 4.69) is 41.5 Å². The van der Waals surface area contributed by atoms with E-state index in [-0.39, 0.29) is 28.0 Å². The van der Waals surface area contributed by atoms with E-state index < -0.39 is 0 Å². The highest BCUT2D eigenvalue weighted by molar-refractivity contribution is 5.81. The summed E-state index contributed by atoms with van der Waals surface area (Å²) in [7, 11) is 1.72. The van der Waals surface area contributed by atoms with Crippen molar-refractivity contribution >= 4 is 5.78 Å². The molecule has 3 heteroatoms. The van der Waals surface area contributed by atoms with Gasteiger partial charge in [-0.1, -0.05) is 13.8 Å². The molecule has 0 radical (unpaired) electrons. The Bertz CT molecular complexity index is 338. The summed E-state index contributed by atoms with van der Waals surface area (Å²) >= 11 is 0. The molecule has 3 nitrogen and oxygen atoms in total. The van der Waals surface area contributed by atoms with E-state index in [4.69, 9.17) is 9.47 Å². The second-order valence-corrected chi connectivity index (χ2v) is 8.38. The highest BCUT2D eigenvalue weighted by Gasteiger charge is 2.38. The summed E-state index contributed by atoms with van der Waals surface area (Å²) in [5, 5.41) is 0. The first kappa shape index (κ1) is 19.6. The molecule has 0 aliphatic heterocycles. The largest absolute Gasteiger partial charge is 0.379 e. The fraction of sp³-hybridized carbons (Fsp3) is 0.941. The summed E-state index contributed by atoms with van der Waals surface area (Å²) < 4.78 is 11.8. The minimum absolute atomic E-state index is 0.198. The van der Waals surface area contributed by atoms with Crippen molar-refractivity contribution in [2.24, 2.45) is 5.41 Å². The Morgan fingerprint density at radius 3 is 1.55 bits per heavy atom. The Morgan fingerprint density at radius 1 is 0.800 bits per heavy atom. The topological polar surface area (TPSA) is 35.5 Å². The second-order valence-electron chi connectivity index (χ2n) is 8.38. The molecule has 0 N–H and O–H groups in total. The van der Waals surface area contributed by atoms with E-state index in [0.717, 1.165) is 6.42 Å². The van der Waals surface area contributed by atoms with Crippen LogP contribution in [0, 0.1) is 5.41 Å². The number of hydrogen-bond donors (Lipinski definition) is 0. The molecule has 0 aromatic carbocycles. The monoisotopic (exact) mass is 286 g/mol. The van der Waals surface area contributed by atoms with Gasteiger partial charge >= 0.3 is 0 Å². The summed E-state index contributed by atoms with van der Waals surface area (Å²) in [4.78, 5) is 11.7. The van der Waals surface area contributed by atoms with Crippen molar-refractivity contribution < 1.29 is 14.3 Å². The standard InChI is InChI=1S/C17H34O3/c1-13(18)14(2,3)11-16(6,7)20-17(8,9)12-15(4,5)19-10/h11-12H2,1-10H3. The lowest BCUT2D eigenvalue weighted by Gasteiger charge is -2.42. The molecule has 0 saturated carbocycles. The van der Waals surface area contributed by atoms with Crippen molar-refractivity contribution in [1.29, 1.82) is 0 Å². The van der Waals surface area contributed by atoms with Gasteiger partial charge < -0.3 is 9.47 Å². The molecule has 0 saturated heterocycles. The van der Waals surface area contributed by atoms with Gasteiger partial charge in [-0.3, -0.25) is 4.79 Å². The molecule has 0 atom stereocenters. The molecular formula is C17H34O3. The van der Waals surface area contributed by atoms with Gasteiger partial charge in [-0.05, 0) is 54.9 Å². The van der Waals surface area contributed by atoms with Gasteiger partial charge in [0.15, 0.2) is 0 Å². The maximum Gasteiger partial charge on any atom is 0.135 e. The van der Waals surface area contributed by atoms with Gasteiger partial charge in [-0.2, -0.15) is 0 Å². The van der Waals surface area contributed by atoms with Crippen LogP contribution in [0.25, 0.3) is 0 Å². The summed E-state index contributed by atoms with van der Waals surface area (Å²) in [6.45, 7) is 18.0. The lowest BCUT2D eigenvalue weighted by Crippen LogP contribution is -2.45. The average Bonchev–Trinajstić information content (AvgIpc) is 2.11. The molecule has 0 aromatic rings. The summed E-state index contributed by atoms with van der Waals surface area (Å²) in [6.07, 6.45) is 1.49. The van der Waals surface area contributed by atoms with Crippen molar-refractivity contribution in [2.75, 3.05) is 7.11 Å². The normalized spacial score (nSPS) is 14.5. The molecule has 0 unspecified atom stereocenters. The third kappa shape index (κ3) is 6.85. The molecular weight excluding hydrogens is 252 g/mol. The Labute approximate surface area is 125 Å². The van der Waals surface area contributed by atoms with Crippen molar-refractivity contribution in [1.82, 2.24) is 0 Å². The first-order valence-electron chi connectivity index (χ1n) is 7.39. The number of ether oxygens (including phenoxy) is 2. The molecule has 0 aromatic heterocycles. The number of carbonyl (C=O) groups excluding carboxylic acids is 1. The average molecular weight is 286 g/mol. The molecule has 20 heavy (non-hydrogen) atoms. The van der Waals surface area contributed by atoms with Gasteiger partial charge in [0.1, 0.15) is 5.78 Å². The van der Waals surface area contributed by atoms with Crippen LogP contribution in [0.4, 0.5) is 0 Å². The van der Waals surface area contributed by atoms with Crippen LogP contribution >= 0.6 is 0 Å². The van der Waals surface area contributed by atoms with Crippen LogP contribution in [0.5, 0.6) is 0 Å². The van der Waals surface area contributed by atoms with Crippen LogP contribution in [-0.4, -0.2) is 29.7 Å². The number of methoxy groups -OCH3 is 1. The van der Waals surface area contributed by atoms with Gasteiger partial charge in [0.05, 0.1) is 16.8 Å². The zero-order chi connectivity index (χ0) is 16.4. The fourth-order valence-corrected chi connectivity index (χ4v) is 3.11. The predicted octanol–water partition coefficient (Wildman–Crippen LogP) is 4.38. The Kier molecular flexibility index (Phi) is 6.02. The summed E-state index contributed by atoms with van der Waals surface area (Å²) in [5.74, 6) is 0.198. The second kappa shape index (κ2) is 6.15. The van der Waals surface area contributed by atoms with Crippen LogP contribution in [0.3, 0.4) is 0 Å². The van der Waals surface area contributed by atoms with E-state index in [9.17, 15) is 4.79 Å². The number of Topliss-reactive ketones (excluding diaryl/α,β-unsaturated/α-hetero) is 1. The fourth-order valence-electron chi connectivity index (χ4n) is 3.11. The smallest absolute Gasteiger partial charge is 0.135 e. The van der Waals surface area contributed by atoms with Crippen LogP contribution in [-0.2, 0) is 14.3 Å². The molecule has 0 rings (SSSR count). The Hall–Kier alpha value is -0.410. The maximum atomic E-state index is 11.7. The third-order valence-electron chi connectivity index (χ3n) is 3.78. The lowest BCUT2D eigenvalue weighted by atomic mass is 9.78. The van der Waals surface area contributed by atoms with Crippen molar-refractivity contribution in [3.8, 4) is 0 Å². The molecule has 0 heterocycles. The van der Waals surface area contributed by atoms with E-state index in [1.54, 1.807) is 14.0 Å². The zero-order valence-electron chi connectivity index (χ0n) is 15.1. The van der Waals surface area contributed by atoms with Crippen molar-refractivity contribution in [2.45, 2.75) is 92.0 Å². The van der Waals surface area contributed by atoms with Crippen molar-refractivity contribution in [3.05, 3.63) is 0 Å². The minimum Gasteiger partial charge on any atom is -0.379 e. The van der Waals surface area contributed by atoms with Gasteiger partial charge in [-0.15, -0.1) is 0 Å². The highest BCUT2D eigenvalue weighted by Crippen LogP contribution is 2.36. The van der Waals surface area contributed by atoms with Crippen molar-refractivity contribution in [3.63, 3.8) is 0 Å². The molecule has 0 bridgehead atoms. The summed E-state index contributed by atoms with van der Waals surface area (Å²) in [6, 6.07) is 0. The van der Waals surface area contributed by atoms with E-state index >= 15 is 0 Å². The number of ketones is 1. The molecule has 120 valence electrons. The van der Waals surface area contributed by atoms with Crippen LogP contribution in [0.15, 0.2) is 0 Å². The van der Waals surface area contributed by atoms with E-state index in [1.165, 1.54) is 0 Å². The zero-order valence-corrected chi connectivity index (χ0v) is 15.1. The van der Waals surface area contributed by atoms with Gasteiger partial charge in [0.25, 0.3) is 0 Å². The predicted molar refractivity (Wildman–Crippen MR) is 84.0 cm³/mol. The lowest BCUT2D eigenvalue weighted by molar-refractivity contribution is -0.167. The summed E-state index contributed by atoms with van der Waals surface area (Å²) in [5.41, 5.74) is -1.26. The molecule has 0 aliphatic rings. The molecule has 0 aliphatic carbocycles. The Morgan fingerprint density at radius 2 is 1.20 bits per heavy atom. The highest BCUT2D eigenvalue weighted by atomic mass is 16.5. The van der Waals surface area contributed by atoms with Crippen LogP contribution in [0.1, 0.15) is 75.2 Å². The molecule has 0 amide bonds. The first-order chi connectivity index (χ1) is 8.63. The maximum absolute atomic E-state index is 11.7. The van der Waals surface area contributed by atoms with Crippen LogP contribution in [0.2, 0.25) is 0 Å². The van der Waals surface area contributed by atoms with Gasteiger partial charge in [0.2, 0.25) is 0 Å². The van der Waals surface area contributed by atoms with Gasteiger partial charge in [-0.25, -0.2) is 0 Å². The third-order valence-corrected chi connectivity index (χ3v) is 3.78.